The van der Waals surface area contributed by atoms with Gasteiger partial charge >= 0.3 is 0 Å². The summed E-state index contributed by atoms with van der Waals surface area (Å²) >= 11 is 1.33. The summed E-state index contributed by atoms with van der Waals surface area (Å²) in [5.74, 6) is 0.615. The molecule has 4 N–H and O–H groups in total. The van der Waals surface area contributed by atoms with Crippen LogP contribution in [0.3, 0.4) is 0 Å². The van der Waals surface area contributed by atoms with E-state index in [2.05, 4.69) is 0 Å². The first-order valence-electron chi connectivity index (χ1n) is 6.09. The molecule has 2 rings (SSSR count). The monoisotopic (exact) mass is 286 g/mol. The SMILES string of the molecule is OCC1OC(SCc2ccccc2)C(O)C(O)C1O. The quantitative estimate of drug-likeness (QED) is 0.609. The molecule has 1 saturated heterocycles. The van der Waals surface area contributed by atoms with Gasteiger partial charge in [0.15, 0.2) is 0 Å². The third-order valence-electron chi connectivity index (χ3n) is 3.11. The Kier molecular flexibility index (Phi) is 5.20. The Hall–Kier alpha value is -0.630. The molecular weight excluding hydrogens is 268 g/mol. The Morgan fingerprint density at radius 3 is 2.32 bits per heavy atom. The average molecular weight is 286 g/mol. The first kappa shape index (κ1) is 14.8. The fourth-order valence-corrected chi connectivity index (χ4v) is 3.09. The van der Waals surface area contributed by atoms with Crippen LogP contribution in [0, 0.1) is 0 Å². The minimum absolute atomic E-state index is 0.395. The van der Waals surface area contributed by atoms with E-state index >= 15 is 0 Å². The molecule has 5 unspecified atom stereocenters. The highest BCUT2D eigenvalue weighted by molar-refractivity contribution is 7.99. The van der Waals surface area contributed by atoms with Gasteiger partial charge in [-0.05, 0) is 5.56 Å². The number of rotatable bonds is 4. The third-order valence-corrected chi connectivity index (χ3v) is 4.32. The molecule has 0 aromatic heterocycles. The number of ether oxygens (including phenoxy) is 1. The lowest BCUT2D eigenvalue weighted by molar-refractivity contribution is -0.205. The maximum atomic E-state index is 9.86. The van der Waals surface area contributed by atoms with Crippen molar-refractivity contribution in [2.24, 2.45) is 0 Å². The van der Waals surface area contributed by atoms with Crippen molar-refractivity contribution in [3.05, 3.63) is 35.9 Å². The zero-order valence-corrected chi connectivity index (χ0v) is 11.1. The van der Waals surface area contributed by atoms with Gasteiger partial charge in [0.25, 0.3) is 0 Å². The van der Waals surface area contributed by atoms with Gasteiger partial charge in [-0.2, -0.15) is 0 Å². The molecule has 0 aliphatic carbocycles. The van der Waals surface area contributed by atoms with Gasteiger partial charge in [0, 0.05) is 5.75 Å². The van der Waals surface area contributed by atoms with E-state index in [1.165, 1.54) is 11.8 Å². The van der Waals surface area contributed by atoms with Crippen molar-refractivity contribution in [1.29, 1.82) is 0 Å². The van der Waals surface area contributed by atoms with E-state index in [4.69, 9.17) is 9.84 Å². The molecular formula is C13H18O5S. The molecule has 1 fully saturated rings. The lowest BCUT2D eigenvalue weighted by atomic mass is 10.0. The van der Waals surface area contributed by atoms with Gasteiger partial charge in [0.05, 0.1) is 6.61 Å². The Bertz CT molecular complexity index is 386. The van der Waals surface area contributed by atoms with Crippen molar-refractivity contribution in [1.82, 2.24) is 0 Å². The van der Waals surface area contributed by atoms with Gasteiger partial charge in [0.2, 0.25) is 0 Å². The molecule has 1 aliphatic rings. The molecule has 0 radical (unpaired) electrons. The van der Waals surface area contributed by atoms with Crippen LogP contribution in [0.25, 0.3) is 0 Å². The standard InChI is InChI=1S/C13H18O5S/c14-6-9-10(15)11(16)12(17)13(18-9)19-7-8-4-2-1-3-5-8/h1-5,9-17H,6-7H2. The highest BCUT2D eigenvalue weighted by Gasteiger charge is 2.43. The normalized spacial score (nSPS) is 35.3. The molecule has 1 aromatic rings. The first-order valence-corrected chi connectivity index (χ1v) is 7.14. The molecule has 1 aliphatic heterocycles. The second-order valence-electron chi connectivity index (χ2n) is 4.49. The van der Waals surface area contributed by atoms with E-state index < -0.39 is 36.5 Å². The van der Waals surface area contributed by atoms with Gasteiger partial charge in [-0.25, -0.2) is 0 Å². The van der Waals surface area contributed by atoms with Gasteiger partial charge in [-0.15, -0.1) is 11.8 Å². The van der Waals surface area contributed by atoms with Crippen LogP contribution in [-0.2, 0) is 10.5 Å². The summed E-state index contributed by atoms with van der Waals surface area (Å²) in [7, 11) is 0. The van der Waals surface area contributed by atoms with Crippen LogP contribution < -0.4 is 0 Å². The van der Waals surface area contributed by atoms with Crippen LogP contribution >= 0.6 is 11.8 Å². The number of aliphatic hydroxyl groups is 4. The van der Waals surface area contributed by atoms with Crippen molar-refractivity contribution in [2.75, 3.05) is 6.61 Å². The van der Waals surface area contributed by atoms with Crippen molar-refractivity contribution in [2.45, 2.75) is 35.6 Å². The van der Waals surface area contributed by atoms with Crippen LogP contribution in [0.15, 0.2) is 30.3 Å². The number of benzene rings is 1. The molecule has 1 aromatic carbocycles. The zero-order chi connectivity index (χ0) is 13.8. The molecule has 0 spiro atoms. The fraction of sp³-hybridized carbons (Fsp3) is 0.538. The summed E-state index contributed by atoms with van der Waals surface area (Å²) in [4.78, 5) is 0. The summed E-state index contributed by atoms with van der Waals surface area (Å²) in [6, 6.07) is 9.67. The zero-order valence-electron chi connectivity index (χ0n) is 10.3. The maximum Gasteiger partial charge on any atom is 0.132 e. The molecule has 0 bridgehead atoms. The minimum Gasteiger partial charge on any atom is -0.394 e. The Morgan fingerprint density at radius 2 is 1.68 bits per heavy atom. The van der Waals surface area contributed by atoms with Crippen LogP contribution in [-0.4, -0.2) is 56.9 Å². The number of aliphatic hydroxyl groups excluding tert-OH is 4. The predicted octanol–water partition coefficient (Wildman–Crippen LogP) is -0.280. The maximum absolute atomic E-state index is 9.86. The van der Waals surface area contributed by atoms with Crippen LogP contribution in [0.2, 0.25) is 0 Å². The number of thioether (sulfide) groups is 1. The van der Waals surface area contributed by atoms with Crippen LogP contribution in [0.5, 0.6) is 0 Å². The largest absolute Gasteiger partial charge is 0.394 e. The van der Waals surface area contributed by atoms with Gasteiger partial charge in [0.1, 0.15) is 29.9 Å². The number of hydrogen-bond acceptors (Lipinski definition) is 6. The van der Waals surface area contributed by atoms with Gasteiger partial charge in [-0.1, -0.05) is 30.3 Å². The topological polar surface area (TPSA) is 90.2 Å². The molecule has 106 valence electrons. The summed E-state index contributed by atoms with van der Waals surface area (Å²) < 4.78 is 5.41. The molecule has 1 heterocycles. The molecule has 0 amide bonds. The first-order chi connectivity index (χ1) is 9.13. The van der Waals surface area contributed by atoms with Crippen molar-refractivity contribution >= 4 is 11.8 Å². The van der Waals surface area contributed by atoms with Crippen molar-refractivity contribution in [3.63, 3.8) is 0 Å². The highest BCUT2D eigenvalue weighted by atomic mass is 32.2. The van der Waals surface area contributed by atoms with Crippen molar-refractivity contribution < 1.29 is 25.2 Å². The van der Waals surface area contributed by atoms with E-state index in [1.54, 1.807) is 0 Å². The van der Waals surface area contributed by atoms with E-state index in [1.807, 2.05) is 30.3 Å². The van der Waals surface area contributed by atoms with E-state index in [0.29, 0.717) is 5.75 Å². The average Bonchev–Trinajstić information content (AvgIpc) is 2.45. The molecule has 5 atom stereocenters. The molecule has 0 saturated carbocycles. The Morgan fingerprint density at radius 1 is 1.00 bits per heavy atom. The smallest absolute Gasteiger partial charge is 0.132 e. The third kappa shape index (κ3) is 3.47. The molecule has 19 heavy (non-hydrogen) atoms. The summed E-state index contributed by atoms with van der Waals surface area (Å²) in [5, 5.41) is 38.3. The Labute approximate surface area is 115 Å². The van der Waals surface area contributed by atoms with Crippen LogP contribution in [0.1, 0.15) is 5.56 Å². The summed E-state index contributed by atoms with van der Waals surface area (Å²) in [5.41, 5.74) is 0.403. The predicted molar refractivity (Wildman–Crippen MR) is 71.5 cm³/mol. The van der Waals surface area contributed by atoms with E-state index in [0.717, 1.165) is 5.56 Å². The van der Waals surface area contributed by atoms with E-state index in [9.17, 15) is 15.3 Å². The van der Waals surface area contributed by atoms with Gasteiger partial charge in [-0.3, -0.25) is 0 Å². The lowest BCUT2D eigenvalue weighted by Crippen LogP contribution is -2.57. The van der Waals surface area contributed by atoms with Crippen LogP contribution in [0.4, 0.5) is 0 Å². The van der Waals surface area contributed by atoms with E-state index in [-0.39, 0.29) is 0 Å². The Balaban J connectivity index is 1.95. The second-order valence-corrected chi connectivity index (χ2v) is 5.58. The van der Waals surface area contributed by atoms with Gasteiger partial charge < -0.3 is 25.2 Å². The summed E-state index contributed by atoms with van der Waals surface area (Å²) in [6.45, 7) is -0.395. The molecule has 6 heteroatoms. The van der Waals surface area contributed by atoms with Crippen molar-refractivity contribution in [3.8, 4) is 0 Å². The second kappa shape index (κ2) is 6.69. The lowest BCUT2D eigenvalue weighted by Gasteiger charge is -2.39. The fourth-order valence-electron chi connectivity index (χ4n) is 1.96. The minimum atomic E-state index is -1.31. The highest BCUT2D eigenvalue weighted by Crippen LogP contribution is 2.30. The summed E-state index contributed by atoms with van der Waals surface area (Å²) in [6.07, 6.45) is -4.62. The molecule has 5 nitrogen and oxygen atoms in total. The number of hydrogen-bond donors (Lipinski definition) is 4.